The molecule has 2 aliphatic carbocycles. The average molecular weight is 276 g/mol. The molecule has 0 heterocycles. The van der Waals surface area contributed by atoms with Crippen LogP contribution in [0.5, 0.6) is 0 Å². The van der Waals surface area contributed by atoms with Crippen molar-refractivity contribution in [1.29, 1.82) is 0 Å². The van der Waals surface area contributed by atoms with Gasteiger partial charge in [0.1, 0.15) is 6.29 Å². The quantitative estimate of drug-likeness (QED) is 0.459. The third kappa shape index (κ3) is 5.07. The van der Waals surface area contributed by atoms with Gasteiger partial charge in [0.2, 0.25) is 0 Å². The van der Waals surface area contributed by atoms with Gasteiger partial charge in [-0.15, -0.1) is 0 Å². The highest BCUT2D eigenvalue weighted by Gasteiger charge is 2.21. The van der Waals surface area contributed by atoms with Crippen LogP contribution in [0.4, 0.5) is 0 Å². The monoisotopic (exact) mass is 276 g/mol. The number of allylic oxidation sites excluding steroid dienone is 2. The summed E-state index contributed by atoms with van der Waals surface area (Å²) < 4.78 is 0. The summed E-state index contributed by atoms with van der Waals surface area (Å²) in [5, 5.41) is 0. The summed E-state index contributed by atoms with van der Waals surface area (Å²) in [5.41, 5.74) is 0. The third-order valence-electron chi connectivity index (χ3n) is 5.71. The lowest BCUT2D eigenvalue weighted by Crippen LogP contribution is -2.15. The molecule has 1 heteroatoms. The van der Waals surface area contributed by atoms with Crippen LogP contribution >= 0.6 is 0 Å². The molecule has 0 spiro atoms. The molecule has 20 heavy (non-hydrogen) atoms. The third-order valence-corrected chi connectivity index (χ3v) is 5.71. The molecule has 0 saturated heterocycles. The van der Waals surface area contributed by atoms with Crippen molar-refractivity contribution < 1.29 is 4.79 Å². The van der Waals surface area contributed by atoms with Crippen molar-refractivity contribution in [1.82, 2.24) is 0 Å². The number of hydrogen-bond donors (Lipinski definition) is 0. The Morgan fingerprint density at radius 3 is 1.75 bits per heavy atom. The van der Waals surface area contributed by atoms with Crippen molar-refractivity contribution in [3.8, 4) is 0 Å². The van der Waals surface area contributed by atoms with E-state index in [2.05, 4.69) is 19.1 Å². The van der Waals surface area contributed by atoms with E-state index in [1.54, 1.807) is 0 Å². The highest BCUT2D eigenvalue weighted by Crippen LogP contribution is 2.34. The Hall–Kier alpha value is -0.590. The van der Waals surface area contributed by atoms with Crippen LogP contribution in [0.2, 0.25) is 0 Å². The van der Waals surface area contributed by atoms with E-state index in [1.165, 1.54) is 57.8 Å². The molecule has 0 bridgehead atoms. The molecular formula is C19H32O. The first-order valence-corrected chi connectivity index (χ1v) is 8.93. The zero-order chi connectivity index (χ0) is 14.2. The maximum Gasteiger partial charge on any atom is 0.120 e. The summed E-state index contributed by atoms with van der Waals surface area (Å²) in [6.45, 7) is 2.34. The summed E-state index contributed by atoms with van der Waals surface area (Å²) >= 11 is 0. The van der Waals surface area contributed by atoms with Gasteiger partial charge in [0.15, 0.2) is 0 Å². The lowest BCUT2D eigenvalue weighted by Gasteiger charge is -2.28. The van der Waals surface area contributed by atoms with Crippen molar-refractivity contribution >= 4 is 6.29 Å². The second-order valence-electron chi connectivity index (χ2n) is 7.10. The minimum atomic E-state index is 0.770. The van der Waals surface area contributed by atoms with Crippen LogP contribution in [0, 0.1) is 23.7 Å². The topological polar surface area (TPSA) is 17.1 Å². The molecule has 0 atom stereocenters. The highest BCUT2D eigenvalue weighted by atomic mass is 16.1. The molecule has 0 aliphatic heterocycles. The Balaban J connectivity index is 1.65. The van der Waals surface area contributed by atoms with Gasteiger partial charge in [0, 0.05) is 6.42 Å². The van der Waals surface area contributed by atoms with E-state index in [4.69, 9.17) is 0 Å². The van der Waals surface area contributed by atoms with E-state index in [0.29, 0.717) is 0 Å². The lowest BCUT2D eigenvalue weighted by atomic mass is 9.78. The molecule has 0 aromatic heterocycles. The van der Waals surface area contributed by atoms with Crippen molar-refractivity contribution in [2.45, 2.75) is 77.6 Å². The second-order valence-corrected chi connectivity index (χ2v) is 7.10. The van der Waals surface area contributed by atoms with E-state index in [1.807, 2.05) is 0 Å². The van der Waals surface area contributed by atoms with Crippen molar-refractivity contribution in [3.63, 3.8) is 0 Å². The number of carbonyl (C=O) groups excluding carboxylic acids is 1. The molecule has 1 nitrogen and oxygen atoms in total. The highest BCUT2D eigenvalue weighted by molar-refractivity contribution is 5.49. The van der Waals surface area contributed by atoms with Crippen LogP contribution in [-0.4, -0.2) is 6.29 Å². The first-order valence-electron chi connectivity index (χ1n) is 8.93. The zero-order valence-corrected chi connectivity index (χ0v) is 13.2. The second kappa shape index (κ2) is 8.64. The normalized spacial score (nSPS) is 35.2. The van der Waals surface area contributed by atoms with Gasteiger partial charge >= 0.3 is 0 Å². The van der Waals surface area contributed by atoms with E-state index < -0.39 is 0 Å². The summed E-state index contributed by atoms with van der Waals surface area (Å²) in [7, 11) is 0. The van der Waals surface area contributed by atoms with Crippen LogP contribution in [0.3, 0.4) is 0 Å². The molecule has 0 amide bonds. The minimum absolute atomic E-state index is 0.770. The first-order chi connectivity index (χ1) is 9.81. The van der Waals surface area contributed by atoms with Gasteiger partial charge in [-0.25, -0.2) is 0 Å². The average Bonchev–Trinajstić information content (AvgIpc) is 2.52. The predicted molar refractivity (Wildman–Crippen MR) is 85.6 cm³/mol. The maximum atomic E-state index is 10.4. The molecule has 2 saturated carbocycles. The van der Waals surface area contributed by atoms with Gasteiger partial charge in [-0.3, -0.25) is 0 Å². The van der Waals surface area contributed by atoms with Gasteiger partial charge < -0.3 is 4.79 Å². The van der Waals surface area contributed by atoms with Gasteiger partial charge in [-0.05, 0) is 81.5 Å². The maximum absolute atomic E-state index is 10.4. The molecule has 0 N–H and O–H groups in total. The lowest BCUT2D eigenvalue weighted by molar-refractivity contribution is -0.108. The standard InChI is InChI=1S/C19H32O/c1-2-16-5-7-18(8-6-16)13-14-19-11-9-17(10-12-19)4-3-15-20/h13-19H,2-12H2,1H3. The van der Waals surface area contributed by atoms with Gasteiger partial charge in [-0.2, -0.15) is 0 Å². The summed E-state index contributed by atoms with van der Waals surface area (Å²) in [6, 6.07) is 0. The summed E-state index contributed by atoms with van der Waals surface area (Å²) in [6.07, 6.45) is 20.6. The van der Waals surface area contributed by atoms with Crippen molar-refractivity contribution in [3.05, 3.63) is 12.2 Å². The van der Waals surface area contributed by atoms with E-state index in [-0.39, 0.29) is 0 Å². The smallest absolute Gasteiger partial charge is 0.120 e. The largest absolute Gasteiger partial charge is 0.303 e. The molecule has 0 aromatic carbocycles. The van der Waals surface area contributed by atoms with E-state index in [9.17, 15) is 4.79 Å². The summed E-state index contributed by atoms with van der Waals surface area (Å²) in [4.78, 5) is 10.4. The van der Waals surface area contributed by atoms with Crippen LogP contribution in [0.15, 0.2) is 12.2 Å². The minimum Gasteiger partial charge on any atom is -0.303 e. The number of rotatable bonds is 6. The molecular weight excluding hydrogens is 244 g/mol. The van der Waals surface area contributed by atoms with Crippen LogP contribution in [0.1, 0.15) is 77.6 Å². The molecule has 0 radical (unpaired) electrons. The molecule has 0 unspecified atom stereocenters. The Kier molecular flexibility index (Phi) is 6.82. The number of aldehydes is 1. The Bertz CT molecular complexity index is 291. The van der Waals surface area contributed by atoms with Crippen LogP contribution in [0.25, 0.3) is 0 Å². The Morgan fingerprint density at radius 1 is 0.800 bits per heavy atom. The molecule has 2 fully saturated rings. The van der Waals surface area contributed by atoms with Crippen LogP contribution < -0.4 is 0 Å². The van der Waals surface area contributed by atoms with Gasteiger partial charge in [-0.1, -0.05) is 25.5 Å². The molecule has 2 aliphatic rings. The fourth-order valence-corrected chi connectivity index (χ4v) is 4.08. The van der Waals surface area contributed by atoms with E-state index in [0.717, 1.165) is 42.8 Å². The molecule has 0 aromatic rings. The first kappa shape index (κ1) is 15.8. The van der Waals surface area contributed by atoms with Gasteiger partial charge in [0.05, 0.1) is 0 Å². The van der Waals surface area contributed by atoms with Crippen molar-refractivity contribution in [2.24, 2.45) is 23.7 Å². The fourth-order valence-electron chi connectivity index (χ4n) is 4.08. The van der Waals surface area contributed by atoms with E-state index >= 15 is 0 Å². The molecule has 2 rings (SSSR count). The van der Waals surface area contributed by atoms with Gasteiger partial charge in [0.25, 0.3) is 0 Å². The Labute approximate surface area is 125 Å². The fraction of sp³-hybridized carbons (Fsp3) is 0.842. The zero-order valence-electron chi connectivity index (χ0n) is 13.2. The summed E-state index contributed by atoms with van der Waals surface area (Å²) in [5.74, 6) is 3.52. The number of carbonyl (C=O) groups is 1. The van der Waals surface area contributed by atoms with Crippen molar-refractivity contribution in [2.75, 3.05) is 0 Å². The Morgan fingerprint density at radius 2 is 1.30 bits per heavy atom. The number of hydrogen-bond acceptors (Lipinski definition) is 1. The van der Waals surface area contributed by atoms with Crippen LogP contribution in [-0.2, 0) is 4.79 Å². The SMILES string of the molecule is CCC1CCC(C=CC2CCC(CCC=O)CC2)CC1. The molecule has 114 valence electrons. The predicted octanol–water partition coefficient (Wildman–Crippen LogP) is 5.54.